The van der Waals surface area contributed by atoms with E-state index >= 15 is 0 Å². The van der Waals surface area contributed by atoms with E-state index in [4.69, 9.17) is 0 Å². The largest absolute Gasteiger partial charge is 0.378 e. The van der Waals surface area contributed by atoms with Crippen LogP contribution >= 0.6 is 0 Å². The molecule has 3 rings (SSSR count). The van der Waals surface area contributed by atoms with Gasteiger partial charge >= 0.3 is 0 Å². The van der Waals surface area contributed by atoms with E-state index in [2.05, 4.69) is 32.6 Å². The third kappa shape index (κ3) is 2.47. The molecule has 0 spiro atoms. The third-order valence-electron chi connectivity index (χ3n) is 2.80. The molecule has 96 valence electrons. The summed E-state index contributed by atoms with van der Waals surface area (Å²) in [6.45, 7) is 0.744. The van der Waals surface area contributed by atoms with Crippen molar-refractivity contribution in [3.8, 4) is 5.82 Å². The summed E-state index contributed by atoms with van der Waals surface area (Å²) in [7, 11) is 2.01. The van der Waals surface area contributed by atoms with Crippen LogP contribution in [0.25, 0.3) is 5.82 Å². The number of nitrogens with zero attached hydrogens (tertiary/aromatic N) is 5. The van der Waals surface area contributed by atoms with Crippen molar-refractivity contribution in [2.45, 2.75) is 6.54 Å². The maximum atomic E-state index is 4.33. The molecule has 0 fully saturated rings. The van der Waals surface area contributed by atoms with Gasteiger partial charge in [-0.25, -0.2) is 14.6 Å². The molecule has 6 heteroatoms. The zero-order chi connectivity index (χ0) is 13.1. The van der Waals surface area contributed by atoms with E-state index in [1.54, 1.807) is 17.2 Å². The zero-order valence-corrected chi connectivity index (χ0v) is 10.6. The average molecular weight is 254 g/mol. The summed E-state index contributed by atoms with van der Waals surface area (Å²) in [5.74, 6) is 0.746. The lowest BCUT2D eigenvalue weighted by atomic mass is 10.3. The number of aryl methyl sites for hydroxylation is 1. The minimum Gasteiger partial charge on any atom is -0.378 e. The SMILES string of the molecule is Cn1ccc(CNc2cccnc2-n2cncn2)c1. The minimum absolute atomic E-state index is 0.744. The van der Waals surface area contributed by atoms with Gasteiger partial charge in [0.05, 0.1) is 5.69 Å². The minimum atomic E-state index is 0.744. The molecule has 0 radical (unpaired) electrons. The summed E-state index contributed by atoms with van der Waals surface area (Å²) in [6.07, 6.45) is 8.98. The average Bonchev–Trinajstić information content (AvgIpc) is 3.08. The van der Waals surface area contributed by atoms with Gasteiger partial charge in [0, 0.05) is 32.2 Å². The van der Waals surface area contributed by atoms with Gasteiger partial charge in [0.25, 0.3) is 0 Å². The standard InChI is InChI=1S/C13H14N6/c1-18-6-4-11(8-18)7-16-12-3-2-5-15-13(12)19-10-14-9-17-19/h2-6,8-10,16H,7H2,1H3. The van der Waals surface area contributed by atoms with Gasteiger partial charge in [-0.3, -0.25) is 0 Å². The van der Waals surface area contributed by atoms with Crippen molar-refractivity contribution >= 4 is 5.69 Å². The first kappa shape index (κ1) is 11.5. The Morgan fingerprint density at radius 1 is 1.32 bits per heavy atom. The van der Waals surface area contributed by atoms with Gasteiger partial charge in [-0.2, -0.15) is 5.10 Å². The molecule has 0 atom stereocenters. The Kier molecular flexibility index (Phi) is 2.97. The molecule has 3 aromatic heterocycles. The van der Waals surface area contributed by atoms with Crippen molar-refractivity contribution in [3.63, 3.8) is 0 Å². The lowest BCUT2D eigenvalue weighted by Crippen LogP contribution is -2.06. The molecule has 0 aliphatic heterocycles. The van der Waals surface area contributed by atoms with E-state index in [0.29, 0.717) is 0 Å². The highest BCUT2D eigenvalue weighted by molar-refractivity contribution is 5.56. The Morgan fingerprint density at radius 2 is 2.26 bits per heavy atom. The monoisotopic (exact) mass is 254 g/mol. The number of nitrogens with one attached hydrogen (secondary N) is 1. The molecular weight excluding hydrogens is 240 g/mol. The highest BCUT2D eigenvalue weighted by Gasteiger charge is 2.06. The molecule has 6 nitrogen and oxygen atoms in total. The Hall–Kier alpha value is -2.63. The van der Waals surface area contributed by atoms with Crippen LogP contribution in [0.15, 0.2) is 49.4 Å². The number of anilines is 1. The van der Waals surface area contributed by atoms with Gasteiger partial charge in [-0.05, 0) is 23.8 Å². The topological polar surface area (TPSA) is 60.6 Å². The quantitative estimate of drug-likeness (QED) is 0.768. The van der Waals surface area contributed by atoms with E-state index in [0.717, 1.165) is 18.1 Å². The molecule has 0 aliphatic rings. The second-order valence-corrected chi connectivity index (χ2v) is 4.25. The smallest absolute Gasteiger partial charge is 0.178 e. The van der Waals surface area contributed by atoms with Crippen LogP contribution in [0.1, 0.15) is 5.56 Å². The molecule has 19 heavy (non-hydrogen) atoms. The van der Waals surface area contributed by atoms with Gasteiger partial charge < -0.3 is 9.88 Å². The lowest BCUT2D eigenvalue weighted by Gasteiger charge is -2.09. The van der Waals surface area contributed by atoms with Crippen LogP contribution < -0.4 is 5.32 Å². The molecule has 0 saturated carbocycles. The van der Waals surface area contributed by atoms with Crippen LogP contribution in [0.4, 0.5) is 5.69 Å². The molecule has 0 amide bonds. The van der Waals surface area contributed by atoms with Gasteiger partial charge in [0.15, 0.2) is 5.82 Å². The molecule has 0 saturated heterocycles. The van der Waals surface area contributed by atoms with Crippen molar-refractivity contribution in [3.05, 3.63) is 55.0 Å². The summed E-state index contributed by atoms with van der Waals surface area (Å²) >= 11 is 0. The normalized spacial score (nSPS) is 10.6. The maximum Gasteiger partial charge on any atom is 0.178 e. The summed E-state index contributed by atoms with van der Waals surface area (Å²) in [4.78, 5) is 8.27. The molecule has 0 bridgehead atoms. The Labute approximate surface area is 110 Å². The number of hydrogen-bond acceptors (Lipinski definition) is 4. The van der Waals surface area contributed by atoms with Crippen LogP contribution in [0.2, 0.25) is 0 Å². The fourth-order valence-corrected chi connectivity index (χ4v) is 1.90. The predicted octanol–water partition coefficient (Wildman–Crippen LogP) is 1.61. The molecule has 0 aliphatic carbocycles. The van der Waals surface area contributed by atoms with E-state index < -0.39 is 0 Å². The van der Waals surface area contributed by atoms with Crippen LogP contribution in [0.5, 0.6) is 0 Å². The van der Waals surface area contributed by atoms with E-state index in [9.17, 15) is 0 Å². The van der Waals surface area contributed by atoms with Crippen molar-refractivity contribution in [1.82, 2.24) is 24.3 Å². The number of pyridine rings is 1. The Morgan fingerprint density at radius 3 is 3.00 bits per heavy atom. The van der Waals surface area contributed by atoms with Gasteiger partial charge in [-0.15, -0.1) is 0 Å². The summed E-state index contributed by atoms with van der Waals surface area (Å²) in [5, 5.41) is 7.47. The first-order valence-electron chi connectivity index (χ1n) is 5.97. The van der Waals surface area contributed by atoms with Crippen molar-refractivity contribution < 1.29 is 0 Å². The van der Waals surface area contributed by atoms with Crippen molar-refractivity contribution in [2.75, 3.05) is 5.32 Å². The molecular formula is C13H14N6. The third-order valence-corrected chi connectivity index (χ3v) is 2.80. The highest BCUT2D eigenvalue weighted by Crippen LogP contribution is 2.16. The molecule has 3 aromatic rings. The summed E-state index contributed by atoms with van der Waals surface area (Å²) in [5.41, 5.74) is 2.15. The first-order valence-corrected chi connectivity index (χ1v) is 5.97. The second kappa shape index (κ2) is 4.93. The molecule has 3 heterocycles. The van der Waals surface area contributed by atoms with Gasteiger partial charge in [0.2, 0.25) is 0 Å². The van der Waals surface area contributed by atoms with E-state index in [1.165, 1.54) is 11.9 Å². The van der Waals surface area contributed by atoms with Gasteiger partial charge in [-0.1, -0.05) is 0 Å². The molecule has 0 aromatic carbocycles. The summed E-state index contributed by atoms with van der Waals surface area (Å²) < 4.78 is 3.67. The predicted molar refractivity (Wildman–Crippen MR) is 71.9 cm³/mol. The van der Waals surface area contributed by atoms with Crippen molar-refractivity contribution in [2.24, 2.45) is 7.05 Å². The highest BCUT2D eigenvalue weighted by atomic mass is 15.3. The van der Waals surface area contributed by atoms with Crippen LogP contribution in [-0.2, 0) is 13.6 Å². The summed E-state index contributed by atoms with van der Waals surface area (Å²) in [6, 6.07) is 5.96. The second-order valence-electron chi connectivity index (χ2n) is 4.25. The lowest BCUT2D eigenvalue weighted by molar-refractivity contribution is 0.844. The zero-order valence-electron chi connectivity index (χ0n) is 10.6. The number of aromatic nitrogens is 5. The van der Waals surface area contributed by atoms with Gasteiger partial charge in [0.1, 0.15) is 12.7 Å². The Balaban J connectivity index is 1.81. The van der Waals surface area contributed by atoms with E-state index in [-0.39, 0.29) is 0 Å². The van der Waals surface area contributed by atoms with E-state index in [1.807, 2.05) is 29.9 Å². The maximum absolute atomic E-state index is 4.33. The van der Waals surface area contributed by atoms with Crippen LogP contribution in [0, 0.1) is 0 Å². The fraction of sp³-hybridized carbons (Fsp3) is 0.154. The number of rotatable bonds is 4. The Bertz CT molecular complexity index is 655. The number of hydrogen-bond donors (Lipinski definition) is 1. The molecule has 1 N–H and O–H groups in total. The van der Waals surface area contributed by atoms with Crippen molar-refractivity contribution in [1.29, 1.82) is 0 Å². The first-order chi connectivity index (χ1) is 9.33. The van der Waals surface area contributed by atoms with Crippen LogP contribution in [0.3, 0.4) is 0 Å². The fourth-order valence-electron chi connectivity index (χ4n) is 1.90. The molecule has 0 unspecified atom stereocenters. The van der Waals surface area contributed by atoms with Crippen LogP contribution in [-0.4, -0.2) is 24.3 Å².